The fourth-order valence-corrected chi connectivity index (χ4v) is 1.98. The molecule has 20 heavy (non-hydrogen) atoms. The Hall–Kier alpha value is -1.55. The van der Waals surface area contributed by atoms with Gasteiger partial charge in [-0.05, 0) is 43.9 Å². The lowest BCUT2D eigenvalue weighted by Crippen LogP contribution is -2.29. The Kier molecular flexibility index (Phi) is 6.52. The Morgan fingerprint density at radius 1 is 1.40 bits per heavy atom. The zero-order chi connectivity index (χ0) is 15.1. The van der Waals surface area contributed by atoms with Crippen LogP contribution >= 0.6 is 0 Å². The molecule has 112 valence electrons. The third-order valence-corrected chi connectivity index (χ3v) is 3.42. The zero-order valence-electron chi connectivity index (χ0n) is 12.9. The van der Waals surface area contributed by atoms with Crippen LogP contribution in [0.25, 0.3) is 0 Å². The smallest absolute Gasteiger partial charge is 0.253 e. The molecule has 0 saturated carbocycles. The number of hydrogen-bond acceptors (Lipinski definition) is 3. The predicted molar refractivity (Wildman–Crippen MR) is 83.7 cm³/mol. The van der Waals surface area contributed by atoms with Crippen LogP contribution in [0.4, 0.5) is 11.4 Å². The standard InChI is InChI=1S/C16H26N2O2/c1-5-7-11(2)10-20-13(4)16(19)18-15-9-6-8-14(17)12(15)3/h6,8-9,11,13H,5,7,10,17H2,1-4H3,(H,18,19). The quantitative estimate of drug-likeness (QED) is 0.752. The number of nitrogens with one attached hydrogen (secondary N) is 1. The molecule has 0 radical (unpaired) electrons. The van der Waals surface area contributed by atoms with Crippen molar-refractivity contribution in [3.05, 3.63) is 23.8 Å². The van der Waals surface area contributed by atoms with Gasteiger partial charge >= 0.3 is 0 Å². The van der Waals surface area contributed by atoms with Crippen molar-refractivity contribution < 1.29 is 9.53 Å². The van der Waals surface area contributed by atoms with Gasteiger partial charge in [0.05, 0.1) is 6.61 Å². The third kappa shape index (κ3) is 4.85. The van der Waals surface area contributed by atoms with E-state index in [1.165, 1.54) is 0 Å². The van der Waals surface area contributed by atoms with Crippen molar-refractivity contribution in [1.29, 1.82) is 0 Å². The highest BCUT2D eigenvalue weighted by Crippen LogP contribution is 2.20. The summed E-state index contributed by atoms with van der Waals surface area (Å²) in [5, 5.41) is 2.86. The molecule has 0 heterocycles. The summed E-state index contributed by atoms with van der Waals surface area (Å²) in [6.45, 7) is 8.55. The lowest BCUT2D eigenvalue weighted by atomic mass is 10.1. The minimum absolute atomic E-state index is 0.137. The summed E-state index contributed by atoms with van der Waals surface area (Å²) >= 11 is 0. The van der Waals surface area contributed by atoms with Crippen LogP contribution in [0, 0.1) is 12.8 Å². The molecule has 0 fully saturated rings. The molecule has 4 nitrogen and oxygen atoms in total. The lowest BCUT2D eigenvalue weighted by molar-refractivity contribution is -0.127. The molecule has 0 aliphatic rings. The van der Waals surface area contributed by atoms with Crippen LogP contribution in [-0.2, 0) is 9.53 Å². The van der Waals surface area contributed by atoms with Gasteiger partial charge in [0.1, 0.15) is 6.10 Å². The molecule has 1 rings (SSSR count). The van der Waals surface area contributed by atoms with E-state index in [0.29, 0.717) is 18.2 Å². The van der Waals surface area contributed by atoms with Gasteiger partial charge in [0.15, 0.2) is 0 Å². The number of benzene rings is 1. The van der Waals surface area contributed by atoms with Crippen molar-refractivity contribution in [1.82, 2.24) is 0 Å². The fraction of sp³-hybridized carbons (Fsp3) is 0.562. The number of hydrogen-bond donors (Lipinski definition) is 2. The molecule has 1 aromatic rings. The molecule has 0 spiro atoms. The van der Waals surface area contributed by atoms with Crippen LogP contribution in [-0.4, -0.2) is 18.6 Å². The molecule has 3 N–H and O–H groups in total. The number of rotatable bonds is 7. The van der Waals surface area contributed by atoms with E-state index in [9.17, 15) is 4.79 Å². The van der Waals surface area contributed by atoms with Crippen LogP contribution in [0.5, 0.6) is 0 Å². The Morgan fingerprint density at radius 3 is 2.75 bits per heavy atom. The summed E-state index contributed by atoms with van der Waals surface area (Å²) in [6.07, 6.45) is 1.78. The molecule has 2 unspecified atom stereocenters. The summed E-state index contributed by atoms with van der Waals surface area (Å²) in [7, 11) is 0. The monoisotopic (exact) mass is 278 g/mol. The number of amides is 1. The highest BCUT2D eigenvalue weighted by atomic mass is 16.5. The topological polar surface area (TPSA) is 64.3 Å². The summed E-state index contributed by atoms with van der Waals surface area (Å²) in [5.74, 6) is 0.340. The minimum atomic E-state index is -0.463. The van der Waals surface area contributed by atoms with E-state index in [-0.39, 0.29) is 5.91 Å². The molecule has 0 aliphatic heterocycles. The van der Waals surface area contributed by atoms with Crippen molar-refractivity contribution in [2.24, 2.45) is 5.92 Å². The van der Waals surface area contributed by atoms with Gasteiger partial charge < -0.3 is 15.8 Å². The largest absolute Gasteiger partial charge is 0.398 e. The van der Waals surface area contributed by atoms with Crippen LogP contribution in [0.3, 0.4) is 0 Å². The molecule has 1 aromatic carbocycles. The first-order valence-electron chi connectivity index (χ1n) is 7.23. The summed E-state index contributed by atoms with van der Waals surface area (Å²) in [4.78, 5) is 12.1. The maximum absolute atomic E-state index is 12.1. The van der Waals surface area contributed by atoms with E-state index in [1.807, 2.05) is 25.1 Å². The average molecular weight is 278 g/mol. The van der Waals surface area contributed by atoms with Gasteiger partial charge in [0, 0.05) is 11.4 Å². The SMILES string of the molecule is CCCC(C)COC(C)C(=O)Nc1cccc(N)c1C. The van der Waals surface area contributed by atoms with Gasteiger partial charge in [-0.3, -0.25) is 4.79 Å². The second kappa shape index (κ2) is 7.90. The molecule has 0 bridgehead atoms. The van der Waals surface area contributed by atoms with E-state index in [4.69, 9.17) is 10.5 Å². The van der Waals surface area contributed by atoms with Gasteiger partial charge in [-0.15, -0.1) is 0 Å². The van der Waals surface area contributed by atoms with Crippen LogP contribution in [0.15, 0.2) is 18.2 Å². The first kappa shape index (κ1) is 16.5. The van der Waals surface area contributed by atoms with Gasteiger partial charge in [-0.2, -0.15) is 0 Å². The minimum Gasteiger partial charge on any atom is -0.398 e. The predicted octanol–water partition coefficient (Wildman–Crippen LogP) is 3.36. The summed E-state index contributed by atoms with van der Waals surface area (Å²) in [6, 6.07) is 5.49. The molecule has 0 saturated heterocycles. The number of carbonyl (C=O) groups excluding carboxylic acids is 1. The van der Waals surface area contributed by atoms with E-state index in [2.05, 4.69) is 19.2 Å². The second-order valence-electron chi connectivity index (χ2n) is 5.38. The van der Waals surface area contributed by atoms with Gasteiger partial charge in [0.25, 0.3) is 5.91 Å². The van der Waals surface area contributed by atoms with E-state index >= 15 is 0 Å². The van der Waals surface area contributed by atoms with Crippen LogP contribution in [0.2, 0.25) is 0 Å². The third-order valence-electron chi connectivity index (χ3n) is 3.42. The fourth-order valence-electron chi connectivity index (χ4n) is 1.98. The number of nitrogen functional groups attached to an aromatic ring is 1. The lowest BCUT2D eigenvalue weighted by Gasteiger charge is -2.17. The molecular formula is C16H26N2O2. The number of nitrogens with two attached hydrogens (primary N) is 1. The van der Waals surface area contributed by atoms with Crippen molar-refractivity contribution in [3.63, 3.8) is 0 Å². The van der Waals surface area contributed by atoms with Gasteiger partial charge in [-0.25, -0.2) is 0 Å². The summed E-state index contributed by atoms with van der Waals surface area (Å²) < 4.78 is 5.62. The normalized spacial score (nSPS) is 13.8. The molecule has 0 aromatic heterocycles. The molecular weight excluding hydrogens is 252 g/mol. The van der Waals surface area contributed by atoms with Crippen LogP contribution in [0.1, 0.15) is 39.2 Å². The Bertz CT molecular complexity index is 446. The molecule has 1 amide bonds. The van der Waals surface area contributed by atoms with Crippen molar-refractivity contribution >= 4 is 17.3 Å². The first-order chi connectivity index (χ1) is 9.45. The van der Waals surface area contributed by atoms with Crippen LogP contribution < -0.4 is 11.1 Å². The number of carbonyl (C=O) groups is 1. The summed E-state index contributed by atoms with van der Waals surface area (Å²) in [5.41, 5.74) is 8.12. The van der Waals surface area contributed by atoms with Crippen molar-refractivity contribution in [3.8, 4) is 0 Å². The Labute approximate surface area is 121 Å². The van der Waals surface area contributed by atoms with Crippen molar-refractivity contribution in [2.45, 2.75) is 46.6 Å². The molecule has 2 atom stereocenters. The van der Waals surface area contributed by atoms with Gasteiger partial charge in [-0.1, -0.05) is 26.3 Å². The zero-order valence-corrected chi connectivity index (χ0v) is 12.9. The van der Waals surface area contributed by atoms with E-state index in [1.54, 1.807) is 6.92 Å². The number of anilines is 2. The molecule has 0 aliphatic carbocycles. The second-order valence-corrected chi connectivity index (χ2v) is 5.38. The Balaban J connectivity index is 2.51. The maximum Gasteiger partial charge on any atom is 0.253 e. The Morgan fingerprint density at radius 2 is 2.10 bits per heavy atom. The van der Waals surface area contributed by atoms with Gasteiger partial charge in [0.2, 0.25) is 0 Å². The highest BCUT2D eigenvalue weighted by Gasteiger charge is 2.16. The van der Waals surface area contributed by atoms with Crippen molar-refractivity contribution in [2.75, 3.05) is 17.7 Å². The average Bonchev–Trinajstić information content (AvgIpc) is 2.41. The van der Waals surface area contributed by atoms with E-state index < -0.39 is 6.10 Å². The van der Waals surface area contributed by atoms with E-state index in [0.717, 1.165) is 24.1 Å². The maximum atomic E-state index is 12.1. The first-order valence-corrected chi connectivity index (χ1v) is 7.23. The molecule has 4 heteroatoms. The highest BCUT2D eigenvalue weighted by molar-refractivity contribution is 5.95. The number of ether oxygens (including phenoxy) is 1.